The van der Waals surface area contributed by atoms with Crippen LogP contribution in [0.5, 0.6) is 0 Å². The summed E-state index contributed by atoms with van der Waals surface area (Å²) in [6.07, 6.45) is -8.63. The van der Waals surface area contributed by atoms with Crippen LogP contribution in [0.4, 0.5) is 0 Å². The van der Waals surface area contributed by atoms with Crippen LogP contribution in [0.1, 0.15) is 0 Å². The van der Waals surface area contributed by atoms with Crippen LogP contribution in [0.2, 0.25) is 0 Å². The minimum atomic E-state index is -1.26. The molecular weight excluding hydrogens is 288 g/mol. The third-order valence-electron chi connectivity index (χ3n) is 3.65. The highest BCUT2D eigenvalue weighted by molar-refractivity contribution is 4.88. The van der Waals surface area contributed by atoms with E-state index in [9.17, 15) is 20.4 Å². The van der Waals surface area contributed by atoms with Gasteiger partial charge in [-0.3, -0.25) is 0 Å². The number of rotatable bonds is 4. The molecule has 0 amide bonds. The topological polar surface area (TPSA) is 127 Å². The fourth-order valence-electron chi connectivity index (χ4n) is 2.49. The first-order chi connectivity index (χ1) is 9.99. The highest BCUT2D eigenvalue weighted by Crippen LogP contribution is 2.25. The van der Waals surface area contributed by atoms with Crippen LogP contribution in [0, 0.1) is 0 Å². The van der Waals surface area contributed by atoms with Gasteiger partial charge in [-0.05, 0) is 0 Å². The second-order valence-electron chi connectivity index (χ2n) is 5.06. The molecule has 2 rings (SSSR count). The van der Waals surface area contributed by atoms with Crippen LogP contribution in [-0.4, -0.2) is 97.1 Å². The van der Waals surface area contributed by atoms with Crippen LogP contribution < -0.4 is 0 Å². The van der Waals surface area contributed by atoms with Crippen molar-refractivity contribution in [2.75, 3.05) is 27.4 Å². The third-order valence-corrected chi connectivity index (χ3v) is 3.65. The molecule has 0 bridgehead atoms. The molecule has 21 heavy (non-hydrogen) atoms. The molecule has 0 aliphatic carbocycles. The van der Waals surface area contributed by atoms with Gasteiger partial charge < -0.3 is 44.1 Å². The molecule has 0 aromatic carbocycles. The predicted molar refractivity (Wildman–Crippen MR) is 66.2 cm³/mol. The summed E-state index contributed by atoms with van der Waals surface area (Å²) in [5.74, 6) is 0. The van der Waals surface area contributed by atoms with Crippen molar-refractivity contribution in [1.29, 1.82) is 0 Å². The van der Waals surface area contributed by atoms with Crippen molar-refractivity contribution >= 4 is 0 Å². The molecule has 2 heterocycles. The van der Waals surface area contributed by atoms with Gasteiger partial charge in [-0.15, -0.1) is 0 Å². The van der Waals surface area contributed by atoms with E-state index in [1.807, 2.05) is 0 Å². The lowest BCUT2D eigenvalue weighted by Crippen LogP contribution is -2.60. The summed E-state index contributed by atoms with van der Waals surface area (Å²) in [5, 5.41) is 39.6. The van der Waals surface area contributed by atoms with E-state index in [1.165, 1.54) is 14.2 Å². The Morgan fingerprint density at radius 1 is 0.762 bits per heavy atom. The van der Waals surface area contributed by atoms with Crippen LogP contribution in [0.3, 0.4) is 0 Å². The van der Waals surface area contributed by atoms with Gasteiger partial charge in [0.2, 0.25) is 0 Å². The van der Waals surface area contributed by atoms with Gasteiger partial charge in [0.05, 0.1) is 13.2 Å². The summed E-state index contributed by atoms with van der Waals surface area (Å²) in [5.41, 5.74) is 0. The highest BCUT2D eigenvalue weighted by Gasteiger charge is 2.46. The molecule has 2 aliphatic rings. The Hall–Kier alpha value is -0.360. The van der Waals surface area contributed by atoms with Crippen molar-refractivity contribution in [3.8, 4) is 0 Å². The lowest BCUT2D eigenvalue weighted by Gasteiger charge is -2.42. The maximum absolute atomic E-state index is 10.1. The minimum Gasteiger partial charge on any atom is -0.388 e. The Morgan fingerprint density at radius 2 is 1.29 bits per heavy atom. The molecule has 2 saturated heterocycles. The molecule has 0 spiro atoms. The van der Waals surface area contributed by atoms with E-state index in [0.29, 0.717) is 0 Å². The fourth-order valence-corrected chi connectivity index (χ4v) is 2.49. The first kappa shape index (κ1) is 17.0. The fraction of sp³-hybridized carbons (Fsp3) is 1.00. The zero-order valence-corrected chi connectivity index (χ0v) is 11.9. The van der Waals surface area contributed by atoms with Gasteiger partial charge in [-0.2, -0.15) is 0 Å². The number of aliphatic hydroxyl groups is 4. The summed E-state index contributed by atoms with van der Waals surface area (Å²) in [6, 6.07) is 0. The number of aliphatic hydroxyl groups excluding tert-OH is 4. The zero-order valence-electron chi connectivity index (χ0n) is 11.9. The molecule has 124 valence electrons. The predicted octanol–water partition coefficient (Wildman–Crippen LogP) is -2.81. The quantitative estimate of drug-likeness (QED) is 0.435. The van der Waals surface area contributed by atoms with E-state index in [4.69, 9.17) is 23.7 Å². The molecule has 2 fully saturated rings. The van der Waals surface area contributed by atoms with Gasteiger partial charge in [0.15, 0.2) is 12.6 Å². The minimum absolute atomic E-state index is 0.0839. The van der Waals surface area contributed by atoms with E-state index in [-0.39, 0.29) is 13.2 Å². The van der Waals surface area contributed by atoms with E-state index in [2.05, 4.69) is 0 Å². The molecule has 4 N–H and O–H groups in total. The average Bonchev–Trinajstić information content (AvgIpc) is 2.46. The van der Waals surface area contributed by atoms with Gasteiger partial charge >= 0.3 is 0 Å². The van der Waals surface area contributed by atoms with Gasteiger partial charge in [-0.1, -0.05) is 0 Å². The van der Waals surface area contributed by atoms with Crippen molar-refractivity contribution in [2.45, 2.75) is 49.2 Å². The molecule has 9 nitrogen and oxygen atoms in total. The number of methoxy groups -OCH3 is 2. The summed E-state index contributed by atoms with van der Waals surface area (Å²) >= 11 is 0. The van der Waals surface area contributed by atoms with Crippen molar-refractivity contribution in [2.24, 2.45) is 0 Å². The number of hydrogen-bond donors (Lipinski definition) is 4. The van der Waals surface area contributed by atoms with Gasteiger partial charge in [0.1, 0.15) is 36.6 Å². The summed E-state index contributed by atoms with van der Waals surface area (Å²) in [6.45, 7) is -0.178. The Kier molecular flexibility index (Phi) is 5.88. The second kappa shape index (κ2) is 7.27. The summed E-state index contributed by atoms with van der Waals surface area (Å²) in [4.78, 5) is 0. The molecular formula is C12H22O9. The Balaban J connectivity index is 2.02. The largest absolute Gasteiger partial charge is 0.388 e. The van der Waals surface area contributed by atoms with Crippen molar-refractivity contribution in [1.82, 2.24) is 0 Å². The molecule has 0 saturated carbocycles. The molecule has 0 radical (unpaired) electrons. The maximum Gasteiger partial charge on any atom is 0.186 e. The Morgan fingerprint density at radius 3 is 1.86 bits per heavy atom. The van der Waals surface area contributed by atoms with Crippen molar-refractivity contribution in [3.05, 3.63) is 0 Å². The Labute approximate surface area is 121 Å². The van der Waals surface area contributed by atoms with Gasteiger partial charge in [0, 0.05) is 14.2 Å². The van der Waals surface area contributed by atoms with E-state index < -0.39 is 49.2 Å². The molecule has 2 unspecified atom stereocenters. The molecule has 0 aromatic heterocycles. The van der Waals surface area contributed by atoms with E-state index in [0.717, 1.165) is 0 Å². The average molecular weight is 310 g/mol. The molecule has 2 aliphatic heterocycles. The van der Waals surface area contributed by atoms with Gasteiger partial charge in [0.25, 0.3) is 0 Å². The monoisotopic (exact) mass is 310 g/mol. The van der Waals surface area contributed by atoms with Gasteiger partial charge in [-0.25, -0.2) is 0 Å². The van der Waals surface area contributed by atoms with Crippen molar-refractivity contribution < 1.29 is 44.1 Å². The van der Waals surface area contributed by atoms with E-state index >= 15 is 0 Å². The first-order valence-electron chi connectivity index (χ1n) is 6.66. The smallest absolute Gasteiger partial charge is 0.186 e. The SMILES string of the molecule is COC1[C@H](O)CO[C@@H](OC2[C@H](O)CO[C@H](OC)[C@H]2O)[C@H]1O. The molecule has 8 atom stereocenters. The standard InChI is InChI=1S/C12H22O9/c1-17-9-5(13)3-20-12(7(9)15)21-10-6(14)4-19-11(18-2)8(10)16/h5-16H,3-4H2,1-2H3/t5-,6-,7+,8+,9?,10?,11+,12+/m1/s1. The number of hydrogen-bond acceptors (Lipinski definition) is 9. The molecule has 9 heteroatoms. The lowest BCUT2D eigenvalue weighted by atomic mass is 10.0. The third kappa shape index (κ3) is 3.52. The summed E-state index contributed by atoms with van der Waals surface area (Å²) in [7, 11) is 2.70. The van der Waals surface area contributed by atoms with Crippen LogP contribution in [0.25, 0.3) is 0 Å². The normalized spacial score (nSPS) is 48.3. The maximum atomic E-state index is 10.1. The second-order valence-corrected chi connectivity index (χ2v) is 5.06. The van der Waals surface area contributed by atoms with Crippen LogP contribution >= 0.6 is 0 Å². The zero-order chi connectivity index (χ0) is 15.6. The highest BCUT2D eigenvalue weighted by atomic mass is 16.7. The first-order valence-corrected chi connectivity index (χ1v) is 6.66. The molecule has 0 aromatic rings. The van der Waals surface area contributed by atoms with Crippen LogP contribution in [0.15, 0.2) is 0 Å². The van der Waals surface area contributed by atoms with Crippen LogP contribution in [-0.2, 0) is 23.7 Å². The van der Waals surface area contributed by atoms with Crippen molar-refractivity contribution in [3.63, 3.8) is 0 Å². The number of ether oxygens (including phenoxy) is 5. The summed E-state index contributed by atoms with van der Waals surface area (Å²) < 4.78 is 25.7. The Bertz CT molecular complexity index is 328. The van der Waals surface area contributed by atoms with E-state index in [1.54, 1.807) is 0 Å². The lowest BCUT2D eigenvalue weighted by molar-refractivity contribution is -0.333.